The van der Waals surface area contributed by atoms with Gasteiger partial charge in [0.1, 0.15) is 0 Å². The molecule has 3 nitrogen and oxygen atoms in total. The molecule has 0 bridgehead atoms. The fourth-order valence-corrected chi connectivity index (χ4v) is 2.83. The fraction of sp³-hybridized carbons (Fsp3) is 0.909. The molecule has 1 aliphatic carbocycles. The molecule has 3 heteroatoms. The van der Waals surface area contributed by atoms with Crippen molar-refractivity contribution in [2.45, 2.75) is 40.2 Å². The highest BCUT2D eigenvalue weighted by atomic mass is 16.2. The van der Waals surface area contributed by atoms with E-state index in [1.165, 1.54) is 0 Å². The van der Waals surface area contributed by atoms with E-state index in [0.29, 0.717) is 6.04 Å². The summed E-state index contributed by atoms with van der Waals surface area (Å²) in [7, 11) is 0. The third kappa shape index (κ3) is 1.07. The molecule has 1 N–H and O–H groups in total. The van der Waals surface area contributed by atoms with Gasteiger partial charge < -0.3 is 10.2 Å². The van der Waals surface area contributed by atoms with Crippen molar-refractivity contribution in [1.29, 1.82) is 0 Å². The predicted molar refractivity (Wildman–Crippen MR) is 56.1 cm³/mol. The highest BCUT2D eigenvalue weighted by Gasteiger charge is 2.68. The van der Waals surface area contributed by atoms with Crippen LogP contribution in [0.3, 0.4) is 0 Å². The van der Waals surface area contributed by atoms with Crippen LogP contribution < -0.4 is 5.32 Å². The van der Waals surface area contributed by atoms with Gasteiger partial charge in [-0.1, -0.05) is 27.7 Å². The summed E-state index contributed by atoms with van der Waals surface area (Å²) in [6.07, 6.45) is 1.08. The Morgan fingerprint density at radius 1 is 1.29 bits per heavy atom. The Bertz CT molecular complexity index is 256. The number of urea groups is 1. The van der Waals surface area contributed by atoms with Gasteiger partial charge in [0.2, 0.25) is 0 Å². The van der Waals surface area contributed by atoms with Crippen LogP contribution in [0.1, 0.15) is 34.1 Å². The normalized spacial score (nSPS) is 30.0. The van der Waals surface area contributed by atoms with Gasteiger partial charge in [-0.2, -0.15) is 0 Å². The monoisotopic (exact) mass is 196 g/mol. The Balaban J connectivity index is 2.14. The van der Waals surface area contributed by atoms with Crippen molar-refractivity contribution in [2.24, 2.45) is 10.8 Å². The molecule has 0 spiro atoms. The maximum Gasteiger partial charge on any atom is 0.317 e. The zero-order valence-electron chi connectivity index (χ0n) is 9.55. The molecule has 2 amide bonds. The van der Waals surface area contributed by atoms with Crippen LogP contribution >= 0.6 is 0 Å². The molecule has 2 rings (SSSR count). The second-order valence-corrected chi connectivity index (χ2v) is 5.62. The summed E-state index contributed by atoms with van der Waals surface area (Å²) in [5.41, 5.74) is 0.531. The van der Waals surface area contributed by atoms with Crippen LogP contribution in [0.15, 0.2) is 0 Å². The number of nitrogens with one attached hydrogen (secondary N) is 1. The first-order valence-corrected chi connectivity index (χ1v) is 5.43. The molecule has 2 fully saturated rings. The lowest BCUT2D eigenvalue weighted by molar-refractivity contribution is 0.172. The molecule has 1 saturated carbocycles. The van der Waals surface area contributed by atoms with Crippen molar-refractivity contribution in [3.63, 3.8) is 0 Å². The first kappa shape index (κ1) is 9.81. The molecular formula is C11H20N2O. The molecule has 0 atom stereocenters. The number of hydrogen-bond acceptors (Lipinski definition) is 1. The Kier molecular flexibility index (Phi) is 1.85. The standard InChI is InChI=1S/C11H20N2O/c1-10(2)8(11(10,3)4)13-7-5-6-12-9(13)14/h8H,5-7H2,1-4H3,(H,12,14). The van der Waals surface area contributed by atoms with Gasteiger partial charge in [0.15, 0.2) is 0 Å². The first-order chi connectivity index (χ1) is 6.39. The number of hydrogen-bond donors (Lipinski definition) is 1. The summed E-state index contributed by atoms with van der Waals surface area (Å²) in [4.78, 5) is 13.7. The summed E-state index contributed by atoms with van der Waals surface area (Å²) in [5.74, 6) is 0. The molecule has 2 aliphatic rings. The zero-order valence-corrected chi connectivity index (χ0v) is 9.55. The molecule has 0 aromatic carbocycles. The summed E-state index contributed by atoms with van der Waals surface area (Å²) < 4.78 is 0. The minimum Gasteiger partial charge on any atom is -0.338 e. The average Bonchev–Trinajstić information content (AvgIpc) is 2.46. The molecule has 0 aromatic rings. The second kappa shape index (κ2) is 2.65. The summed E-state index contributed by atoms with van der Waals surface area (Å²) in [6.45, 7) is 10.8. The Labute approximate surface area is 85.8 Å². The number of nitrogens with zero attached hydrogens (tertiary/aromatic N) is 1. The van der Waals surface area contributed by atoms with Crippen molar-refractivity contribution in [1.82, 2.24) is 10.2 Å². The van der Waals surface area contributed by atoms with E-state index in [4.69, 9.17) is 0 Å². The summed E-state index contributed by atoms with van der Waals surface area (Å²) >= 11 is 0. The average molecular weight is 196 g/mol. The molecule has 1 saturated heterocycles. The van der Waals surface area contributed by atoms with Gasteiger partial charge in [-0.05, 0) is 17.3 Å². The third-order valence-corrected chi connectivity index (χ3v) is 4.37. The molecule has 0 radical (unpaired) electrons. The van der Waals surface area contributed by atoms with Gasteiger partial charge in [-0.25, -0.2) is 4.79 Å². The van der Waals surface area contributed by atoms with E-state index < -0.39 is 0 Å². The van der Waals surface area contributed by atoms with Crippen molar-refractivity contribution in [2.75, 3.05) is 13.1 Å². The van der Waals surface area contributed by atoms with Gasteiger partial charge in [0.25, 0.3) is 0 Å². The van der Waals surface area contributed by atoms with Crippen molar-refractivity contribution >= 4 is 6.03 Å². The summed E-state index contributed by atoms with van der Waals surface area (Å²) in [6, 6.07) is 0.537. The van der Waals surface area contributed by atoms with Gasteiger partial charge in [0.05, 0.1) is 0 Å². The predicted octanol–water partition coefficient (Wildman–Crippen LogP) is 1.84. The van der Waals surface area contributed by atoms with Crippen LogP contribution in [0.4, 0.5) is 4.79 Å². The SMILES string of the molecule is CC1(C)C(N2CCCNC2=O)C1(C)C. The van der Waals surface area contributed by atoms with Crippen LogP contribution in [-0.4, -0.2) is 30.1 Å². The van der Waals surface area contributed by atoms with E-state index >= 15 is 0 Å². The fourth-order valence-electron chi connectivity index (χ4n) is 2.83. The molecule has 1 heterocycles. The lowest BCUT2D eigenvalue weighted by Gasteiger charge is -2.29. The number of rotatable bonds is 1. The molecule has 80 valence electrons. The van der Waals surface area contributed by atoms with Crippen LogP contribution in [-0.2, 0) is 0 Å². The molecular weight excluding hydrogens is 176 g/mol. The van der Waals surface area contributed by atoms with Crippen LogP contribution in [0.2, 0.25) is 0 Å². The highest BCUT2D eigenvalue weighted by Crippen LogP contribution is 2.65. The molecule has 1 aliphatic heterocycles. The molecule has 14 heavy (non-hydrogen) atoms. The van der Waals surface area contributed by atoms with E-state index in [2.05, 4.69) is 33.0 Å². The quantitative estimate of drug-likeness (QED) is 0.682. The topological polar surface area (TPSA) is 32.3 Å². The number of amides is 2. The lowest BCUT2D eigenvalue weighted by Crippen LogP contribution is -2.49. The zero-order chi connectivity index (χ0) is 10.6. The minimum absolute atomic E-state index is 0.125. The van der Waals surface area contributed by atoms with Crippen LogP contribution in [0.5, 0.6) is 0 Å². The van der Waals surface area contributed by atoms with Gasteiger partial charge in [-0.15, -0.1) is 0 Å². The minimum atomic E-state index is 0.125. The van der Waals surface area contributed by atoms with E-state index in [0.717, 1.165) is 19.5 Å². The van der Waals surface area contributed by atoms with E-state index in [9.17, 15) is 4.79 Å². The highest BCUT2D eigenvalue weighted by molar-refractivity contribution is 5.76. The van der Waals surface area contributed by atoms with Gasteiger partial charge in [0, 0.05) is 19.1 Å². The lowest BCUT2D eigenvalue weighted by atomic mass is 10.0. The molecule has 0 aromatic heterocycles. The Morgan fingerprint density at radius 3 is 2.29 bits per heavy atom. The maximum atomic E-state index is 11.7. The first-order valence-electron chi connectivity index (χ1n) is 5.43. The van der Waals surface area contributed by atoms with Crippen LogP contribution in [0, 0.1) is 10.8 Å². The summed E-state index contributed by atoms with van der Waals surface area (Å²) in [5, 5.41) is 2.92. The van der Waals surface area contributed by atoms with Crippen molar-refractivity contribution < 1.29 is 4.79 Å². The largest absolute Gasteiger partial charge is 0.338 e. The Hall–Kier alpha value is -0.730. The van der Waals surface area contributed by atoms with Crippen LogP contribution in [0.25, 0.3) is 0 Å². The van der Waals surface area contributed by atoms with Gasteiger partial charge >= 0.3 is 6.03 Å². The van der Waals surface area contributed by atoms with Crippen molar-refractivity contribution in [3.05, 3.63) is 0 Å². The number of carbonyl (C=O) groups excluding carboxylic acids is 1. The maximum absolute atomic E-state index is 11.7. The Morgan fingerprint density at radius 2 is 1.86 bits per heavy atom. The van der Waals surface area contributed by atoms with E-state index in [1.807, 2.05) is 4.90 Å². The van der Waals surface area contributed by atoms with E-state index in [1.54, 1.807) is 0 Å². The van der Waals surface area contributed by atoms with Crippen molar-refractivity contribution in [3.8, 4) is 0 Å². The number of carbonyl (C=O) groups is 1. The molecule has 0 unspecified atom stereocenters. The second-order valence-electron chi connectivity index (χ2n) is 5.62. The van der Waals surface area contributed by atoms with Gasteiger partial charge in [-0.3, -0.25) is 0 Å². The van der Waals surface area contributed by atoms with E-state index in [-0.39, 0.29) is 16.9 Å². The third-order valence-electron chi connectivity index (χ3n) is 4.37. The smallest absolute Gasteiger partial charge is 0.317 e.